The molecule has 0 radical (unpaired) electrons. The molecule has 90 valence electrons. The van der Waals surface area contributed by atoms with Crippen molar-refractivity contribution in [1.29, 1.82) is 0 Å². The minimum atomic E-state index is -3.37. The highest BCUT2D eigenvalue weighted by Crippen LogP contribution is 2.28. The van der Waals surface area contributed by atoms with Gasteiger partial charge < -0.3 is 10.8 Å². The molecule has 5 heteroatoms. The van der Waals surface area contributed by atoms with Gasteiger partial charge in [-0.25, -0.2) is 8.78 Å². The summed E-state index contributed by atoms with van der Waals surface area (Å²) in [6, 6.07) is 8.71. The van der Waals surface area contributed by atoms with E-state index in [0.717, 1.165) is 5.39 Å². The third kappa shape index (κ3) is 2.25. The number of pyridine rings is 1. The molecule has 0 saturated heterocycles. The fraction of sp³-hybridized carbons (Fsp3) is 0.250. The Labute approximate surface area is 96.9 Å². The zero-order valence-corrected chi connectivity index (χ0v) is 8.98. The normalized spacial score (nSPS) is 13.9. The average Bonchev–Trinajstić information content (AvgIpc) is 2.37. The predicted octanol–water partition coefficient (Wildman–Crippen LogP) is 1.86. The van der Waals surface area contributed by atoms with Gasteiger partial charge in [-0.1, -0.05) is 24.3 Å². The van der Waals surface area contributed by atoms with Crippen molar-refractivity contribution < 1.29 is 13.9 Å². The van der Waals surface area contributed by atoms with E-state index in [-0.39, 0.29) is 5.69 Å². The van der Waals surface area contributed by atoms with Gasteiger partial charge in [0.15, 0.2) is 0 Å². The molecule has 1 aromatic carbocycles. The van der Waals surface area contributed by atoms with Crippen LogP contribution in [0.25, 0.3) is 10.9 Å². The first-order valence-corrected chi connectivity index (χ1v) is 5.14. The number of hydrogen-bond acceptors (Lipinski definition) is 3. The Bertz CT molecular complexity index is 531. The van der Waals surface area contributed by atoms with Crippen molar-refractivity contribution in [2.75, 3.05) is 6.61 Å². The highest BCUT2D eigenvalue weighted by molar-refractivity contribution is 5.78. The van der Waals surface area contributed by atoms with E-state index in [1.165, 1.54) is 6.07 Å². The second-order valence-corrected chi connectivity index (χ2v) is 3.83. The number of benzene rings is 1. The van der Waals surface area contributed by atoms with Gasteiger partial charge in [0.2, 0.25) is 0 Å². The summed E-state index contributed by atoms with van der Waals surface area (Å²) in [5.74, 6) is -3.37. The van der Waals surface area contributed by atoms with E-state index in [9.17, 15) is 8.78 Å². The minimum absolute atomic E-state index is 0.0720. The Morgan fingerprint density at radius 2 is 1.94 bits per heavy atom. The molecule has 17 heavy (non-hydrogen) atoms. The van der Waals surface area contributed by atoms with E-state index in [0.29, 0.717) is 5.52 Å². The van der Waals surface area contributed by atoms with Gasteiger partial charge >= 0.3 is 0 Å². The van der Waals surface area contributed by atoms with Crippen molar-refractivity contribution in [2.24, 2.45) is 5.73 Å². The van der Waals surface area contributed by atoms with Gasteiger partial charge in [0, 0.05) is 5.39 Å². The second-order valence-electron chi connectivity index (χ2n) is 3.83. The lowest BCUT2D eigenvalue weighted by molar-refractivity contribution is -0.0720. The summed E-state index contributed by atoms with van der Waals surface area (Å²) in [7, 11) is 0. The zero-order chi connectivity index (χ0) is 12.5. The van der Waals surface area contributed by atoms with Crippen LogP contribution in [0.4, 0.5) is 8.78 Å². The van der Waals surface area contributed by atoms with Crippen LogP contribution in [0, 0.1) is 0 Å². The summed E-state index contributed by atoms with van der Waals surface area (Å²) >= 11 is 0. The molecular formula is C12H12F2N2O. The molecule has 0 unspecified atom stereocenters. The van der Waals surface area contributed by atoms with E-state index in [1.54, 1.807) is 18.2 Å². The smallest absolute Gasteiger partial charge is 0.291 e. The van der Waals surface area contributed by atoms with Crippen molar-refractivity contribution >= 4 is 10.9 Å². The van der Waals surface area contributed by atoms with Crippen LogP contribution in [0.15, 0.2) is 36.4 Å². The maximum Gasteiger partial charge on any atom is 0.291 e. The van der Waals surface area contributed by atoms with E-state index >= 15 is 0 Å². The zero-order valence-electron chi connectivity index (χ0n) is 8.98. The number of para-hydroxylation sites is 1. The van der Waals surface area contributed by atoms with Crippen molar-refractivity contribution in [3.05, 3.63) is 42.1 Å². The van der Waals surface area contributed by atoms with Crippen molar-refractivity contribution in [3.63, 3.8) is 0 Å². The lowest BCUT2D eigenvalue weighted by Crippen LogP contribution is -2.36. The largest absolute Gasteiger partial charge is 0.390 e. The van der Waals surface area contributed by atoms with E-state index in [1.807, 2.05) is 12.1 Å². The van der Waals surface area contributed by atoms with E-state index in [4.69, 9.17) is 10.8 Å². The van der Waals surface area contributed by atoms with Gasteiger partial charge in [-0.15, -0.1) is 0 Å². The molecule has 0 bridgehead atoms. The number of nitrogens with two attached hydrogens (primary N) is 1. The number of rotatable bonds is 3. The molecule has 0 saturated carbocycles. The molecule has 2 aromatic rings. The Balaban J connectivity index is 2.43. The Morgan fingerprint density at radius 3 is 2.65 bits per heavy atom. The Hall–Kier alpha value is -1.59. The van der Waals surface area contributed by atoms with E-state index < -0.39 is 18.6 Å². The predicted molar refractivity (Wildman–Crippen MR) is 60.7 cm³/mol. The number of fused-ring (bicyclic) bond motifs is 1. The first-order valence-electron chi connectivity index (χ1n) is 5.14. The van der Waals surface area contributed by atoms with Gasteiger partial charge in [0.1, 0.15) is 12.6 Å². The highest BCUT2D eigenvalue weighted by atomic mass is 19.3. The van der Waals surface area contributed by atoms with Crippen LogP contribution in [-0.4, -0.2) is 22.6 Å². The summed E-state index contributed by atoms with van der Waals surface area (Å²) in [4.78, 5) is 4.07. The molecule has 0 spiro atoms. The molecule has 0 fully saturated rings. The number of nitrogens with zero attached hydrogens (tertiary/aromatic N) is 1. The van der Waals surface area contributed by atoms with Gasteiger partial charge in [-0.3, -0.25) is 4.98 Å². The molecule has 0 aliphatic rings. The summed E-state index contributed by atoms with van der Waals surface area (Å²) < 4.78 is 26.4. The summed E-state index contributed by atoms with van der Waals surface area (Å²) in [6.45, 7) is -1.29. The fourth-order valence-corrected chi connectivity index (χ4v) is 1.57. The first kappa shape index (κ1) is 11.9. The number of halogens is 2. The third-order valence-electron chi connectivity index (χ3n) is 2.60. The van der Waals surface area contributed by atoms with Crippen LogP contribution in [0.1, 0.15) is 11.7 Å². The molecule has 1 heterocycles. The van der Waals surface area contributed by atoms with Gasteiger partial charge in [-0.2, -0.15) is 0 Å². The summed E-state index contributed by atoms with van der Waals surface area (Å²) in [5.41, 5.74) is 6.08. The van der Waals surface area contributed by atoms with Crippen LogP contribution in [-0.2, 0) is 0 Å². The number of aromatic nitrogens is 1. The molecule has 0 amide bonds. The monoisotopic (exact) mass is 238 g/mol. The summed E-state index contributed by atoms with van der Waals surface area (Å²) in [6.07, 6.45) is 0. The third-order valence-corrected chi connectivity index (χ3v) is 2.60. The molecule has 1 aromatic heterocycles. The summed E-state index contributed by atoms with van der Waals surface area (Å²) in [5, 5.41) is 9.44. The standard InChI is InChI=1S/C12H12F2N2O/c13-12(14,7-17)11(15)10-6-5-8-3-1-2-4-9(8)16-10/h1-6,11,17H,7,15H2/t11-/m0/s1. The lowest BCUT2D eigenvalue weighted by atomic mass is 10.1. The highest BCUT2D eigenvalue weighted by Gasteiger charge is 2.38. The number of aliphatic hydroxyl groups excluding tert-OH is 1. The van der Waals surface area contributed by atoms with Crippen LogP contribution in [0.2, 0.25) is 0 Å². The fourth-order valence-electron chi connectivity index (χ4n) is 1.57. The Morgan fingerprint density at radius 1 is 1.24 bits per heavy atom. The first-order chi connectivity index (χ1) is 8.04. The Kier molecular flexibility index (Phi) is 3.04. The second kappa shape index (κ2) is 4.35. The minimum Gasteiger partial charge on any atom is -0.390 e. The quantitative estimate of drug-likeness (QED) is 0.858. The van der Waals surface area contributed by atoms with Gasteiger partial charge in [0.05, 0.1) is 11.2 Å². The molecule has 0 aliphatic carbocycles. The number of aliphatic hydroxyl groups is 1. The molecule has 1 atom stereocenters. The SMILES string of the molecule is N[C@@H](c1ccc2ccccc2n1)C(F)(F)CO. The van der Waals surface area contributed by atoms with Crippen LogP contribution in [0.3, 0.4) is 0 Å². The van der Waals surface area contributed by atoms with Crippen molar-refractivity contribution in [2.45, 2.75) is 12.0 Å². The molecule has 2 rings (SSSR count). The van der Waals surface area contributed by atoms with Crippen molar-refractivity contribution in [1.82, 2.24) is 4.98 Å². The topological polar surface area (TPSA) is 59.1 Å². The van der Waals surface area contributed by atoms with Gasteiger partial charge in [-0.05, 0) is 12.1 Å². The van der Waals surface area contributed by atoms with Gasteiger partial charge in [0.25, 0.3) is 5.92 Å². The maximum absolute atomic E-state index is 13.2. The van der Waals surface area contributed by atoms with Crippen LogP contribution >= 0.6 is 0 Å². The molecule has 3 N–H and O–H groups in total. The number of alkyl halides is 2. The lowest BCUT2D eigenvalue weighted by Gasteiger charge is -2.20. The van der Waals surface area contributed by atoms with Crippen molar-refractivity contribution in [3.8, 4) is 0 Å². The molecular weight excluding hydrogens is 226 g/mol. The van der Waals surface area contributed by atoms with E-state index in [2.05, 4.69) is 4.98 Å². The van der Waals surface area contributed by atoms with Crippen LogP contribution in [0.5, 0.6) is 0 Å². The maximum atomic E-state index is 13.2. The molecule has 3 nitrogen and oxygen atoms in total. The average molecular weight is 238 g/mol. The molecule has 0 aliphatic heterocycles. The number of hydrogen-bond donors (Lipinski definition) is 2. The van der Waals surface area contributed by atoms with Crippen LogP contribution < -0.4 is 5.73 Å².